The van der Waals surface area contributed by atoms with E-state index < -0.39 is 0 Å². The van der Waals surface area contributed by atoms with Gasteiger partial charge < -0.3 is 19.6 Å². The molecule has 4 unspecified atom stereocenters. The van der Waals surface area contributed by atoms with Gasteiger partial charge in [0.2, 0.25) is 0 Å². The van der Waals surface area contributed by atoms with Crippen molar-refractivity contribution in [3.8, 4) is 11.4 Å². The van der Waals surface area contributed by atoms with E-state index in [1.165, 1.54) is 28.1 Å². The fourth-order valence-corrected chi connectivity index (χ4v) is 8.56. The summed E-state index contributed by atoms with van der Waals surface area (Å²) in [6.45, 7) is 11.7. The lowest BCUT2D eigenvalue weighted by Crippen LogP contribution is -2.65. The van der Waals surface area contributed by atoms with Crippen molar-refractivity contribution < 1.29 is 0 Å². The molecule has 1 aromatic heterocycles. The summed E-state index contributed by atoms with van der Waals surface area (Å²) in [6, 6.07) is 26.3. The largest absolute Gasteiger partial charge is 0.359 e. The molecule has 3 aliphatic rings. The maximum atomic E-state index is 5.35. The Morgan fingerprint density at radius 3 is 2.16 bits per heavy atom. The standard InChI is InChI=1S/C38H44N6/c1-8-37(5)29-19-13-15-21-31(29)44-35-32(25-39-34(40-35)28-18-12-10-16-26(28)3)42(7)36(44)38(37,9-2)24-33-41(6)22-23-43(33)30-20-14-11-17-27(30)4/h10-23,25,33,36H,8-9,24H2,1-7H3. The first-order chi connectivity index (χ1) is 21.3. The topological polar surface area (TPSA) is 38.7 Å². The van der Waals surface area contributed by atoms with E-state index in [2.05, 4.69) is 160 Å². The Hall–Kier alpha value is -4.32. The molecule has 226 valence electrons. The highest BCUT2D eigenvalue weighted by Gasteiger charge is 2.63. The number of para-hydroxylation sites is 2. The minimum absolute atomic E-state index is 0.0801. The van der Waals surface area contributed by atoms with Gasteiger partial charge in [-0.3, -0.25) is 0 Å². The Morgan fingerprint density at radius 2 is 1.45 bits per heavy atom. The number of hydrogen-bond acceptors (Lipinski definition) is 6. The number of rotatable bonds is 6. The Kier molecular flexibility index (Phi) is 6.72. The number of aromatic nitrogens is 2. The highest BCUT2D eigenvalue weighted by atomic mass is 15.5. The first-order valence-corrected chi connectivity index (χ1v) is 16.0. The van der Waals surface area contributed by atoms with E-state index in [9.17, 15) is 0 Å². The van der Waals surface area contributed by atoms with Gasteiger partial charge in [0.25, 0.3) is 0 Å². The third kappa shape index (κ3) is 3.85. The molecule has 3 aromatic carbocycles. The van der Waals surface area contributed by atoms with E-state index in [-0.39, 0.29) is 23.2 Å². The zero-order valence-corrected chi connectivity index (χ0v) is 27.1. The Morgan fingerprint density at radius 1 is 0.773 bits per heavy atom. The summed E-state index contributed by atoms with van der Waals surface area (Å²) in [5.41, 5.74) is 8.39. The van der Waals surface area contributed by atoms with E-state index in [4.69, 9.17) is 9.97 Å². The van der Waals surface area contributed by atoms with Crippen molar-refractivity contribution >= 4 is 22.9 Å². The second-order valence-electron chi connectivity index (χ2n) is 13.1. The molecular formula is C38H44N6. The average Bonchev–Trinajstić information content (AvgIpc) is 3.55. The van der Waals surface area contributed by atoms with Crippen molar-refractivity contribution in [1.29, 1.82) is 0 Å². The molecule has 6 heteroatoms. The van der Waals surface area contributed by atoms with Gasteiger partial charge in [0.05, 0.1) is 6.20 Å². The molecule has 0 saturated heterocycles. The summed E-state index contributed by atoms with van der Waals surface area (Å²) in [7, 11) is 4.48. The molecule has 4 aromatic rings. The Balaban J connectivity index is 1.42. The van der Waals surface area contributed by atoms with Crippen molar-refractivity contribution in [3.05, 3.63) is 108 Å². The van der Waals surface area contributed by atoms with Crippen molar-refractivity contribution in [1.82, 2.24) is 14.9 Å². The molecule has 0 bridgehead atoms. The zero-order chi connectivity index (χ0) is 30.8. The van der Waals surface area contributed by atoms with Gasteiger partial charge in [-0.2, -0.15) is 0 Å². The monoisotopic (exact) mass is 584 g/mol. The Bertz CT molecular complexity index is 1750. The summed E-state index contributed by atoms with van der Waals surface area (Å²) in [5.74, 6) is 1.78. The first kappa shape index (κ1) is 28.5. The lowest BCUT2D eigenvalue weighted by atomic mass is 9.52. The normalized spacial score (nSPS) is 25.3. The lowest BCUT2D eigenvalue weighted by molar-refractivity contribution is 0.0392. The van der Waals surface area contributed by atoms with Gasteiger partial charge in [0, 0.05) is 54.3 Å². The van der Waals surface area contributed by atoms with Crippen LogP contribution < -0.4 is 14.7 Å². The molecule has 4 atom stereocenters. The van der Waals surface area contributed by atoms with Crippen molar-refractivity contribution in [2.75, 3.05) is 28.8 Å². The van der Waals surface area contributed by atoms with Crippen LogP contribution in [0.3, 0.4) is 0 Å². The van der Waals surface area contributed by atoms with Gasteiger partial charge in [-0.25, -0.2) is 9.97 Å². The van der Waals surface area contributed by atoms with E-state index in [0.717, 1.165) is 42.2 Å². The summed E-state index contributed by atoms with van der Waals surface area (Å²) >= 11 is 0. The number of nitrogens with zero attached hydrogens (tertiary/aromatic N) is 6. The summed E-state index contributed by atoms with van der Waals surface area (Å²) < 4.78 is 0. The molecule has 0 fully saturated rings. The van der Waals surface area contributed by atoms with E-state index in [0.29, 0.717) is 0 Å². The molecule has 6 nitrogen and oxygen atoms in total. The molecule has 0 amide bonds. The number of fused-ring (bicyclic) bond motifs is 5. The zero-order valence-electron chi connectivity index (χ0n) is 27.1. The third-order valence-corrected chi connectivity index (χ3v) is 11.2. The number of hydrogen-bond donors (Lipinski definition) is 0. The van der Waals surface area contributed by atoms with E-state index in [1.54, 1.807) is 0 Å². The number of aryl methyl sites for hydroxylation is 2. The molecule has 0 spiro atoms. The molecule has 4 heterocycles. The fraction of sp³-hybridized carbons (Fsp3) is 0.368. The van der Waals surface area contributed by atoms with Crippen molar-refractivity contribution in [3.63, 3.8) is 0 Å². The van der Waals surface area contributed by atoms with Crippen LogP contribution in [0.4, 0.5) is 22.9 Å². The van der Waals surface area contributed by atoms with Crippen LogP contribution >= 0.6 is 0 Å². The van der Waals surface area contributed by atoms with E-state index in [1.807, 2.05) is 0 Å². The second kappa shape index (κ2) is 10.4. The van der Waals surface area contributed by atoms with Crippen LogP contribution in [0.5, 0.6) is 0 Å². The van der Waals surface area contributed by atoms with E-state index >= 15 is 0 Å². The smallest absolute Gasteiger partial charge is 0.162 e. The van der Waals surface area contributed by atoms with Gasteiger partial charge in [-0.05, 0) is 61.9 Å². The first-order valence-electron chi connectivity index (χ1n) is 16.0. The van der Waals surface area contributed by atoms with Gasteiger partial charge in [0.1, 0.15) is 18.0 Å². The molecule has 44 heavy (non-hydrogen) atoms. The van der Waals surface area contributed by atoms with Gasteiger partial charge >= 0.3 is 0 Å². The maximum absolute atomic E-state index is 5.35. The van der Waals surface area contributed by atoms with Crippen molar-refractivity contribution in [2.24, 2.45) is 5.41 Å². The third-order valence-electron chi connectivity index (χ3n) is 11.2. The van der Waals surface area contributed by atoms with Crippen LogP contribution in [-0.4, -0.2) is 41.3 Å². The van der Waals surface area contributed by atoms with Crippen LogP contribution in [0.15, 0.2) is 91.4 Å². The summed E-state index contributed by atoms with van der Waals surface area (Å²) in [5, 5.41) is 0. The molecule has 0 saturated carbocycles. The SMILES string of the molecule is CCC1(C)c2ccccc2N2c3nc(-c4ccccc4C)ncc3N(C)C2C1(CC)CC1N(C)C=CN1c1ccccc1C. The van der Waals surface area contributed by atoms with Gasteiger partial charge in [0.15, 0.2) is 11.6 Å². The minimum atomic E-state index is -0.125. The average molecular weight is 585 g/mol. The molecule has 7 rings (SSSR count). The maximum Gasteiger partial charge on any atom is 0.162 e. The fourth-order valence-electron chi connectivity index (χ4n) is 8.56. The highest BCUT2D eigenvalue weighted by molar-refractivity contribution is 5.85. The Labute approximate surface area is 262 Å². The van der Waals surface area contributed by atoms with Gasteiger partial charge in [-0.1, -0.05) is 81.4 Å². The molecule has 0 aliphatic carbocycles. The van der Waals surface area contributed by atoms with Gasteiger partial charge in [-0.15, -0.1) is 0 Å². The summed E-state index contributed by atoms with van der Waals surface area (Å²) in [4.78, 5) is 20.2. The predicted molar refractivity (Wildman–Crippen MR) is 182 cm³/mol. The minimum Gasteiger partial charge on any atom is -0.359 e. The van der Waals surface area contributed by atoms with Crippen molar-refractivity contribution in [2.45, 2.75) is 71.6 Å². The molecular weight excluding hydrogens is 540 g/mol. The number of anilines is 4. The van der Waals surface area contributed by atoms with Crippen LogP contribution in [-0.2, 0) is 5.41 Å². The van der Waals surface area contributed by atoms with Crippen LogP contribution in [0.25, 0.3) is 11.4 Å². The molecule has 0 radical (unpaired) electrons. The summed E-state index contributed by atoms with van der Waals surface area (Å²) in [6.07, 6.45) is 9.87. The second-order valence-corrected chi connectivity index (χ2v) is 13.1. The molecule has 0 N–H and O–H groups in total. The predicted octanol–water partition coefficient (Wildman–Crippen LogP) is 8.39. The quantitative estimate of drug-likeness (QED) is 0.227. The number of benzene rings is 3. The lowest BCUT2D eigenvalue weighted by Gasteiger charge is -2.61. The highest BCUT2D eigenvalue weighted by Crippen LogP contribution is 2.64. The van der Waals surface area contributed by atoms with Crippen LogP contribution in [0, 0.1) is 19.3 Å². The molecule has 3 aliphatic heterocycles. The van der Waals surface area contributed by atoms with Crippen LogP contribution in [0.1, 0.15) is 56.7 Å². The van der Waals surface area contributed by atoms with Crippen LogP contribution in [0.2, 0.25) is 0 Å².